The van der Waals surface area contributed by atoms with Gasteiger partial charge in [-0.1, -0.05) is 11.6 Å². The number of carbonyl (C=O) groups is 2. The molecule has 0 unspecified atom stereocenters. The maximum atomic E-state index is 12.6. The molecule has 1 aliphatic rings. The van der Waals surface area contributed by atoms with E-state index in [0.29, 0.717) is 28.7 Å². The standard InChI is InChI=1S/C22H27N5O2/c1-15-24-20(14-21(25-15)23-13-12-17-6-4-3-5-7-17)22(29)27-19-10-8-18(9-11-19)26-16(2)28/h6,8-11,14H,3-5,7,12-13H2,1-2H3,(H,26,28)(H,27,29)(H,23,24,25). The van der Waals surface area contributed by atoms with Crippen molar-refractivity contribution in [1.82, 2.24) is 9.97 Å². The first-order valence-electron chi connectivity index (χ1n) is 9.96. The number of amides is 2. The molecular weight excluding hydrogens is 366 g/mol. The zero-order valence-corrected chi connectivity index (χ0v) is 16.9. The highest BCUT2D eigenvalue weighted by Crippen LogP contribution is 2.20. The van der Waals surface area contributed by atoms with E-state index in [-0.39, 0.29) is 11.8 Å². The van der Waals surface area contributed by atoms with Crippen LogP contribution in [0.15, 0.2) is 42.0 Å². The summed E-state index contributed by atoms with van der Waals surface area (Å²) >= 11 is 0. The molecule has 2 aromatic rings. The number of benzene rings is 1. The second-order valence-electron chi connectivity index (χ2n) is 7.18. The topological polar surface area (TPSA) is 96.0 Å². The predicted octanol–water partition coefficient (Wildman–Crippen LogP) is 4.30. The third-order valence-electron chi connectivity index (χ3n) is 4.67. The zero-order chi connectivity index (χ0) is 20.6. The van der Waals surface area contributed by atoms with Crippen molar-refractivity contribution in [2.75, 3.05) is 22.5 Å². The molecule has 3 rings (SSSR count). The van der Waals surface area contributed by atoms with Crippen LogP contribution in [0.5, 0.6) is 0 Å². The molecule has 0 radical (unpaired) electrons. The summed E-state index contributed by atoms with van der Waals surface area (Å²) in [4.78, 5) is 32.3. The second-order valence-corrected chi connectivity index (χ2v) is 7.18. The number of hydrogen-bond donors (Lipinski definition) is 3. The number of carbonyl (C=O) groups excluding carboxylic acids is 2. The van der Waals surface area contributed by atoms with Crippen LogP contribution in [0.2, 0.25) is 0 Å². The van der Waals surface area contributed by atoms with Crippen LogP contribution < -0.4 is 16.0 Å². The lowest BCUT2D eigenvalue weighted by atomic mass is 9.97. The normalized spacial score (nSPS) is 13.4. The van der Waals surface area contributed by atoms with Gasteiger partial charge in [-0.05, 0) is 63.3 Å². The van der Waals surface area contributed by atoms with E-state index in [0.717, 1.165) is 13.0 Å². The number of nitrogens with one attached hydrogen (secondary N) is 3. The molecule has 7 nitrogen and oxygen atoms in total. The number of aromatic nitrogens is 2. The van der Waals surface area contributed by atoms with Gasteiger partial charge in [-0.2, -0.15) is 0 Å². The highest BCUT2D eigenvalue weighted by Gasteiger charge is 2.11. The summed E-state index contributed by atoms with van der Waals surface area (Å²) in [5, 5.41) is 8.82. The minimum atomic E-state index is -0.305. The summed E-state index contributed by atoms with van der Waals surface area (Å²) < 4.78 is 0. The Labute approximate surface area is 171 Å². The van der Waals surface area contributed by atoms with E-state index in [1.54, 1.807) is 37.3 Å². The number of aryl methyl sites for hydroxylation is 1. The Kier molecular flexibility index (Phi) is 6.94. The molecule has 0 bridgehead atoms. The van der Waals surface area contributed by atoms with Crippen LogP contribution in [0.4, 0.5) is 17.2 Å². The molecular formula is C22H27N5O2. The lowest BCUT2D eigenvalue weighted by Crippen LogP contribution is -2.16. The van der Waals surface area contributed by atoms with Gasteiger partial charge >= 0.3 is 0 Å². The van der Waals surface area contributed by atoms with Crippen LogP contribution in [0.3, 0.4) is 0 Å². The Hall–Kier alpha value is -3.22. The van der Waals surface area contributed by atoms with Gasteiger partial charge in [-0.25, -0.2) is 9.97 Å². The number of anilines is 3. The molecule has 0 spiro atoms. The molecule has 0 fully saturated rings. The van der Waals surface area contributed by atoms with E-state index < -0.39 is 0 Å². The maximum Gasteiger partial charge on any atom is 0.274 e. The number of allylic oxidation sites excluding steroid dienone is 1. The van der Waals surface area contributed by atoms with Crippen molar-refractivity contribution in [3.63, 3.8) is 0 Å². The van der Waals surface area contributed by atoms with Crippen molar-refractivity contribution in [1.29, 1.82) is 0 Å². The van der Waals surface area contributed by atoms with E-state index in [1.807, 2.05) is 0 Å². The Balaban J connectivity index is 1.59. The molecule has 1 aromatic carbocycles. The Morgan fingerprint density at radius 1 is 1.03 bits per heavy atom. The number of rotatable bonds is 7. The zero-order valence-electron chi connectivity index (χ0n) is 16.9. The molecule has 29 heavy (non-hydrogen) atoms. The largest absolute Gasteiger partial charge is 0.370 e. The Morgan fingerprint density at radius 3 is 2.41 bits per heavy atom. The van der Waals surface area contributed by atoms with Crippen molar-refractivity contribution in [2.24, 2.45) is 0 Å². The summed E-state index contributed by atoms with van der Waals surface area (Å²) in [6.07, 6.45) is 8.25. The van der Waals surface area contributed by atoms with E-state index >= 15 is 0 Å². The Morgan fingerprint density at radius 2 is 1.76 bits per heavy atom. The summed E-state index contributed by atoms with van der Waals surface area (Å²) in [6.45, 7) is 4.01. The van der Waals surface area contributed by atoms with Crippen molar-refractivity contribution < 1.29 is 9.59 Å². The van der Waals surface area contributed by atoms with E-state index in [9.17, 15) is 9.59 Å². The average molecular weight is 393 g/mol. The van der Waals surface area contributed by atoms with Crippen LogP contribution in [0, 0.1) is 6.92 Å². The maximum absolute atomic E-state index is 12.6. The van der Waals surface area contributed by atoms with Crippen molar-refractivity contribution in [2.45, 2.75) is 46.0 Å². The minimum Gasteiger partial charge on any atom is -0.370 e. The first kappa shape index (κ1) is 20.5. The molecule has 1 aromatic heterocycles. The highest BCUT2D eigenvalue weighted by molar-refractivity contribution is 6.03. The van der Waals surface area contributed by atoms with Gasteiger partial charge in [0.25, 0.3) is 5.91 Å². The number of hydrogen-bond acceptors (Lipinski definition) is 5. The van der Waals surface area contributed by atoms with E-state index in [1.165, 1.54) is 38.2 Å². The van der Waals surface area contributed by atoms with Gasteiger partial charge in [0.1, 0.15) is 17.3 Å². The minimum absolute atomic E-state index is 0.141. The van der Waals surface area contributed by atoms with E-state index in [2.05, 4.69) is 32.0 Å². The van der Waals surface area contributed by atoms with Crippen LogP contribution in [0.25, 0.3) is 0 Å². The van der Waals surface area contributed by atoms with Gasteiger partial charge in [-0.3, -0.25) is 9.59 Å². The summed E-state index contributed by atoms with van der Waals surface area (Å²) in [6, 6.07) is 8.59. The molecule has 0 saturated carbocycles. The van der Waals surface area contributed by atoms with Gasteiger partial charge in [0.05, 0.1) is 0 Å². The fourth-order valence-corrected chi connectivity index (χ4v) is 3.29. The van der Waals surface area contributed by atoms with Crippen LogP contribution in [-0.2, 0) is 4.79 Å². The first-order valence-corrected chi connectivity index (χ1v) is 9.96. The molecule has 0 aliphatic heterocycles. The Bertz CT molecular complexity index is 906. The van der Waals surface area contributed by atoms with Crippen molar-refractivity contribution in [3.05, 3.63) is 53.5 Å². The molecule has 152 valence electrons. The van der Waals surface area contributed by atoms with Crippen molar-refractivity contribution in [3.8, 4) is 0 Å². The highest BCUT2D eigenvalue weighted by atomic mass is 16.2. The lowest BCUT2D eigenvalue weighted by Gasteiger charge is -2.13. The summed E-state index contributed by atoms with van der Waals surface area (Å²) in [7, 11) is 0. The molecule has 1 aliphatic carbocycles. The average Bonchev–Trinajstić information content (AvgIpc) is 2.69. The number of nitrogens with zero attached hydrogens (tertiary/aromatic N) is 2. The quantitative estimate of drug-likeness (QED) is 0.610. The fourth-order valence-electron chi connectivity index (χ4n) is 3.29. The monoisotopic (exact) mass is 393 g/mol. The summed E-state index contributed by atoms with van der Waals surface area (Å²) in [5.74, 6) is 0.747. The van der Waals surface area contributed by atoms with E-state index in [4.69, 9.17) is 0 Å². The van der Waals surface area contributed by atoms with Crippen LogP contribution in [0.1, 0.15) is 55.3 Å². The third kappa shape index (κ3) is 6.41. The van der Waals surface area contributed by atoms with Crippen molar-refractivity contribution >= 4 is 29.0 Å². The van der Waals surface area contributed by atoms with Crippen LogP contribution >= 0.6 is 0 Å². The smallest absolute Gasteiger partial charge is 0.274 e. The predicted molar refractivity (Wildman–Crippen MR) is 115 cm³/mol. The first-order chi connectivity index (χ1) is 14.0. The molecule has 2 amide bonds. The second kappa shape index (κ2) is 9.82. The fraction of sp³-hybridized carbons (Fsp3) is 0.364. The molecule has 1 heterocycles. The third-order valence-corrected chi connectivity index (χ3v) is 4.67. The summed E-state index contributed by atoms with van der Waals surface area (Å²) in [5.41, 5.74) is 3.10. The van der Waals surface area contributed by atoms with Gasteiger partial charge < -0.3 is 16.0 Å². The molecule has 3 N–H and O–H groups in total. The van der Waals surface area contributed by atoms with Gasteiger partial charge in [0.2, 0.25) is 5.91 Å². The van der Waals surface area contributed by atoms with Crippen LogP contribution in [-0.4, -0.2) is 28.3 Å². The molecule has 7 heteroatoms. The SMILES string of the molecule is CC(=O)Nc1ccc(NC(=O)c2cc(NCCC3=CCCCC3)nc(C)n2)cc1. The molecule has 0 saturated heterocycles. The lowest BCUT2D eigenvalue weighted by molar-refractivity contribution is -0.114. The molecule has 0 atom stereocenters. The van der Waals surface area contributed by atoms with Gasteiger partial charge in [0.15, 0.2) is 0 Å². The van der Waals surface area contributed by atoms with Gasteiger partial charge in [0, 0.05) is 30.9 Å². The van der Waals surface area contributed by atoms with Gasteiger partial charge in [-0.15, -0.1) is 0 Å².